The molecule has 0 spiro atoms. The van der Waals surface area contributed by atoms with Crippen LogP contribution in [0.4, 0.5) is 0 Å². The van der Waals surface area contributed by atoms with Gasteiger partial charge >= 0.3 is 0 Å². The van der Waals surface area contributed by atoms with Gasteiger partial charge in [-0.2, -0.15) is 0 Å². The van der Waals surface area contributed by atoms with Gasteiger partial charge in [0.05, 0.1) is 9.83 Å². The lowest BCUT2D eigenvalue weighted by Crippen LogP contribution is -2.18. The number of aryl methyl sites for hydroxylation is 2. The van der Waals surface area contributed by atoms with Gasteiger partial charge in [0.15, 0.2) is 0 Å². The zero-order valence-electron chi connectivity index (χ0n) is 10.3. The maximum Gasteiger partial charge on any atom is 0.0701 e. The van der Waals surface area contributed by atoms with Crippen molar-refractivity contribution in [3.05, 3.63) is 55.7 Å². The van der Waals surface area contributed by atoms with Crippen LogP contribution in [0.1, 0.15) is 28.3 Å². The average Bonchev–Trinajstić information content (AvgIpc) is 2.71. The molecule has 3 heteroatoms. The maximum atomic E-state index is 3.53. The Morgan fingerprint density at radius 2 is 2.00 bits per heavy atom. The van der Waals surface area contributed by atoms with Crippen LogP contribution in [-0.4, -0.2) is 7.05 Å². The van der Waals surface area contributed by atoms with Crippen molar-refractivity contribution in [3.63, 3.8) is 0 Å². The molecule has 0 saturated carbocycles. The van der Waals surface area contributed by atoms with Crippen LogP contribution in [0.3, 0.4) is 0 Å². The zero-order chi connectivity index (χ0) is 12.4. The van der Waals surface area contributed by atoms with Crippen LogP contribution >= 0.6 is 27.3 Å². The number of hydrogen-bond donors (Lipinski definition) is 1. The lowest BCUT2D eigenvalue weighted by atomic mass is 9.95. The standard InChI is InChI=1S/C14H16BrNS/c1-9-4-5-10(2)12(6-9)14(16-3)11-7-13(15)17-8-11/h4-8,14,16H,1-3H3. The highest BCUT2D eigenvalue weighted by atomic mass is 79.9. The Hall–Kier alpha value is -0.640. The largest absolute Gasteiger partial charge is 0.309 e. The van der Waals surface area contributed by atoms with Crippen LogP contribution in [0, 0.1) is 13.8 Å². The Labute approximate surface area is 115 Å². The van der Waals surface area contributed by atoms with Crippen molar-refractivity contribution < 1.29 is 0 Å². The van der Waals surface area contributed by atoms with Gasteiger partial charge in [0.1, 0.15) is 0 Å². The van der Waals surface area contributed by atoms with Crippen molar-refractivity contribution in [3.8, 4) is 0 Å². The average molecular weight is 310 g/mol. The molecule has 0 radical (unpaired) electrons. The number of benzene rings is 1. The first kappa shape index (κ1) is 12.8. The first-order valence-electron chi connectivity index (χ1n) is 5.60. The molecule has 1 atom stereocenters. The van der Waals surface area contributed by atoms with E-state index in [9.17, 15) is 0 Å². The molecule has 2 aromatic rings. The SMILES string of the molecule is CNC(c1csc(Br)c1)c1cc(C)ccc1C. The minimum absolute atomic E-state index is 0.275. The highest BCUT2D eigenvalue weighted by Crippen LogP contribution is 2.30. The van der Waals surface area contributed by atoms with Crippen LogP contribution < -0.4 is 5.32 Å². The van der Waals surface area contributed by atoms with Crippen LogP contribution in [0.2, 0.25) is 0 Å². The van der Waals surface area contributed by atoms with E-state index in [0.717, 1.165) is 0 Å². The summed E-state index contributed by atoms with van der Waals surface area (Å²) in [7, 11) is 2.01. The fourth-order valence-electron chi connectivity index (χ4n) is 2.05. The fraction of sp³-hybridized carbons (Fsp3) is 0.286. The van der Waals surface area contributed by atoms with Gasteiger partial charge in [-0.25, -0.2) is 0 Å². The lowest BCUT2D eigenvalue weighted by molar-refractivity contribution is 0.689. The molecule has 0 amide bonds. The number of halogens is 1. The van der Waals surface area contributed by atoms with Crippen molar-refractivity contribution in [1.29, 1.82) is 0 Å². The summed E-state index contributed by atoms with van der Waals surface area (Å²) in [6.45, 7) is 4.31. The van der Waals surface area contributed by atoms with Crippen LogP contribution in [0.5, 0.6) is 0 Å². The number of thiophene rings is 1. The lowest BCUT2D eigenvalue weighted by Gasteiger charge is -2.18. The third kappa shape index (κ3) is 2.79. The van der Waals surface area contributed by atoms with Crippen LogP contribution in [-0.2, 0) is 0 Å². The second-order valence-corrected chi connectivity index (χ2v) is 6.56. The zero-order valence-corrected chi connectivity index (χ0v) is 12.7. The quantitative estimate of drug-likeness (QED) is 0.884. The van der Waals surface area contributed by atoms with Gasteiger partial charge < -0.3 is 5.32 Å². The molecular weight excluding hydrogens is 294 g/mol. The first-order valence-corrected chi connectivity index (χ1v) is 7.27. The predicted octanol–water partition coefficient (Wildman–Crippen LogP) is 4.44. The topological polar surface area (TPSA) is 12.0 Å². The number of rotatable bonds is 3. The molecule has 1 N–H and O–H groups in total. The van der Waals surface area contributed by atoms with Crippen LogP contribution in [0.25, 0.3) is 0 Å². The Bertz CT molecular complexity index is 519. The maximum absolute atomic E-state index is 3.53. The molecular formula is C14H16BrNS. The third-order valence-electron chi connectivity index (χ3n) is 2.96. The first-order chi connectivity index (χ1) is 8.11. The van der Waals surface area contributed by atoms with Crippen molar-refractivity contribution in [2.24, 2.45) is 0 Å². The highest BCUT2D eigenvalue weighted by Gasteiger charge is 2.15. The summed E-state index contributed by atoms with van der Waals surface area (Å²) < 4.78 is 1.18. The second-order valence-electron chi connectivity index (χ2n) is 4.27. The summed E-state index contributed by atoms with van der Waals surface area (Å²) in [4.78, 5) is 0. The Kier molecular flexibility index (Phi) is 4.02. The van der Waals surface area contributed by atoms with Crippen molar-refractivity contribution in [1.82, 2.24) is 5.32 Å². The Morgan fingerprint density at radius 3 is 2.59 bits per heavy atom. The minimum atomic E-state index is 0.275. The third-order valence-corrected chi connectivity index (χ3v) is 4.48. The number of hydrogen-bond acceptors (Lipinski definition) is 2. The fourth-order valence-corrected chi connectivity index (χ4v) is 3.25. The van der Waals surface area contributed by atoms with E-state index in [1.165, 1.54) is 26.0 Å². The van der Waals surface area contributed by atoms with Gasteiger partial charge in [0, 0.05) is 0 Å². The second kappa shape index (κ2) is 5.34. The molecule has 0 aliphatic carbocycles. The summed E-state index contributed by atoms with van der Waals surface area (Å²) >= 11 is 5.26. The summed E-state index contributed by atoms with van der Waals surface area (Å²) in [6.07, 6.45) is 0. The van der Waals surface area contributed by atoms with E-state index in [1.54, 1.807) is 11.3 Å². The van der Waals surface area contributed by atoms with Gasteiger partial charge in [-0.1, -0.05) is 23.8 Å². The molecule has 0 fully saturated rings. The molecule has 1 heterocycles. The van der Waals surface area contributed by atoms with E-state index in [2.05, 4.69) is 64.7 Å². The molecule has 0 aliphatic rings. The van der Waals surface area contributed by atoms with Gasteiger partial charge in [-0.05, 0) is 65.0 Å². The van der Waals surface area contributed by atoms with Crippen molar-refractivity contribution >= 4 is 27.3 Å². The molecule has 1 aromatic carbocycles. The summed E-state index contributed by atoms with van der Waals surface area (Å²) in [5, 5.41) is 5.60. The van der Waals surface area contributed by atoms with Crippen LogP contribution in [0.15, 0.2) is 33.4 Å². The van der Waals surface area contributed by atoms with E-state index in [-0.39, 0.29) is 6.04 Å². The molecule has 0 aliphatic heterocycles. The molecule has 90 valence electrons. The Morgan fingerprint density at radius 1 is 1.24 bits per heavy atom. The van der Waals surface area contributed by atoms with E-state index in [4.69, 9.17) is 0 Å². The van der Waals surface area contributed by atoms with Gasteiger partial charge in [0.25, 0.3) is 0 Å². The van der Waals surface area contributed by atoms with Gasteiger partial charge in [0.2, 0.25) is 0 Å². The number of nitrogens with one attached hydrogen (secondary N) is 1. The molecule has 1 unspecified atom stereocenters. The molecule has 1 aromatic heterocycles. The molecule has 17 heavy (non-hydrogen) atoms. The normalized spacial score (nSPS) is 12.7. The smallest absolute Gasteiger partial charge is 0.0701 e. The summed E-state index contributed by atoms with van der Waals surface area (Å²) in [5.74, 6) is 0. The van der Waals surface area contributed by atoms with E-state index < -0.39 is 0 Å². The predicted molar refractivity (Wildman–Crippen MR) is 78.8 cm³/mol. The Balaban J connectivity index is 2.45. The monoisotopic (exact) mass is 309 g/mol. The van der Waals surface area contributed by atoms with E-state index >= 15 is 0 Å². The molecule has 2 rings (SSSR count). The van der Waals surface area contributed by atoms with Gasteiger partial charge in [-0.3, -0.25) is 0 Å². The molecule has 1 nitrogen and oxygen atoms in total. The van der Waals surface area contributed by atoms with Crippen molar-refractivity contribution in [2.45, 2.75) is 19.9 Å². The van der Waals surface area contributed by atoms with Gasteiger partial charge in [-0.15, -0.1) is 11.3 Å². The minimum Gasteiger partial charge on any atom is -0.309 e. The van der Waals surface area contributed by atoms with E-state index in [1.807, 2.05) is 7.05 Å². The van der Waals surface area contributed by atoms with Crippen molar-refractivity contribution in [2.75, 3.05) is 7.05 Å². The van der Waals surface area contributed by atoms with E-state index in [0.29, 0.717) is 0 Å². The highest BCUT2D eigenvalue weighted by molar-refractivity contribution is 9.11. The molecule has 0 saturated heterocycles. The molecule has 0 bridgehead atoms. The summed E-state index contributed by atoms with van der Waals surface area (Å²) in [6, 6.07) is 9.08. The summed E-state index contributed by atoms with van der Waals surface area (Å²) in [5.41, 5.74) is 5.31.